The van der Waals surface area contributed by atoms with E-state index in [1.54, 1.807) is 12.4 Å². The molecular weight excluding hydrogens is 302 g/mol. The molecule has 1 aromatic carbocycles. The van der Waals surface area contributed by atoms with Crippen LogP contribution >= 0.6 is 0 Å². The number of amides is 1. The number of carbonyl (C=O) groups is 1. The van der Waals surface area contributed by atoms with E-state index < -0.39 is 0 Å². The summed E-state index contributed by atoms with van der Waals surface area (Å²) in [6, 6.07) is 10.1. The van der Waals surface area contributed by atoms with Gasteiger partial charge in [0.05, 0.1) is 30.7 Å². The van der Waals surface area contributed by atoms with Gasteiger partial charge in [0, 0.05) is 25.0 Å². The van der Waals surface area contributed by atoms with Crippen molar-refractivity contribution >= 4 is 17.3 Å². The minimum absolute atomic E-state index is 0.00611. The van der Waals surface area contributed by atoms with E-state index in [0.29, 0.717) is 37.8 Å². The maximum absolute atomic E-state index is 12.6. The summed E-state index contributed by atoms with van der Waals surface area (Å²) >= 11 is 0. The molecule has 126 valence electrons. The van der Waals surface area contributed by atoms with E-state index in [4.69, 9.17) is 4.74 Å². The molecule has 24 heavy (non-hydrogen) atoms. The number of hydrogen-bond acceptors (Lipinski definition) is 4. The molecule has 0 aliphatic carbocycles. The van der Waals surface area contributed by atoms with E-state index in [0.717, 1.165) is 11.4 Å². The predicted molar refractivity (Wildman–Crippen MR) is 94.8 cm³/mol. The highest BCUT2D eigenvalue weighted by Crippen LogP contribution is 2.27. The van der Waals surface area contributed by atoms with Crippen molar-refractivity contribution < 1.29 is 9.53 Å². The molecule has 0 spiro atoms. The third-order valence-corrected chi connectivity index (χ3v) is 4.15. The lowest BCUT2D eigenvalue weighted by Crippen LogP contribution is -2.40. The summed E-state index contributed by atoms with van der Waals surface area (Å²) < 4.78 is 5.30. The Morgan fingerprint density at radius 3 is 2.71 bits per heavy atom. The van der Waals surface area contributed by atoms with E-state index >= 15 is 0 Å². The Labute approximate surface area is 142 Å². The van der Waals surface area contributed by atoms with Gasteiger partial charge in [0.1, 0.15) is 0 Å². The lowest BCUT2D eigenvalue weighted by Gasteiger charge is -2.26. The van der Waals surface area contributed by atoms with Gasteiger partial charge in [-0.2, -0.15) is 0 Å². The zero-order valence-corrected chi connectivity index (χ0v) is 14.2. The van der Waals surface area contributed by atoms with Gasteiger partial charge in [-0.1, -0.05) is 32.0 Å². The number of ether oxygens (including phenoxy) is 1. The molecule has 1 amide bonds. The fraction of sp³-hybridized carbons (Fsp3) is 0.368. The van der Waals surface area contributed by atoms with Crippen LogP contribution < -0.4 is 5.32 Å². The summed E-state index contributed by atoms with van der Waals surface area (Å²) in [6.07, 6.45) is 3.37. The SMILES string of the molecule is CC(C)c1ccccc1Nc1cncc(C(=O)N2CCOCC2)c1. The van der Waals surface area contributed by atoms with Gasteiger partial charge < -0.3 is 15.0 Å². The van der Waals surface area contributed by atoms with E-state index in [1.807, 2.05) is 29.2 Å². The molecule has 0 atom stereocenters. The van der Waals surface area contributed by atoms with Crippen LogP contribution in [0.4, 0.5) is 11.4 Å². The quantitative estimate of drug-likeness (QED) is 0.936. The van der Waals surface area contributed by atoms with Crippen LogP contribution in [0, 0.1) is 0 Å². The Bertz CT molecular complexity index is 709. The monoisotopic (exact) mass is 325 g/mol. The van der Waals surface area contributed by atoms with E-state index in [1.165, 1.54) is 5.56 Å². The molecule has 0 unspecified atom stereocenters. The van der Waals surface area contributed by atoms with Gasteiger partial charge in [0.15, 0.2) is 0 Å². The van der Waals surface area contributed by atoms with Crippen molar-refractivity contribution in [3.05, 3.63) is 53.9 Å². The molecule has 3 rings (SSSR count). The van der Waals surface area contributed by atoms with Crippen LogP contribution in [0.2, 0.25) is 0 Å². The van der Waals surface area contributed by atoms with Gasteiger partial charge in [0.25, 0.3) is 5.91 Å². The molecule has 1 fully saturated rings. The van der Waals surface area contributed by atoms with E-state index in [9.17, 15) is 4.79 Å². The topological polar surface area (TPSA) is 54.5 Å². The second-order valence-electron chi connectivity index (χ2n) is 6.23. The molecule has 0 radical (unpaired) electrons. The van der Waals surface area contributed by atoms with Crippen LogP contribution in [-0.2, 0) is 4.74 Å². The number of pyridine rings is 1. The Balaban J connectivity index is 1.80. The van der Waals surface area contributed by atoms with Crippen LogP contribution in [0.1, 0.15) is 35.7 Å². The maximum atomic E-state index is 12.6. The number of rotatable bonds is 4. The third kappa shape index (κ3) is 3.74. The lowest BCUT2D eigenvalue weighted by atomic mass is 10.0. The number of benzene rings is 1. The van der Waals surface area contributed by atoms with Crippen LogP contribution in [0.5, 0.6) is 0 Å². The normalized spacial score (nSPS) is 14.7. The van der Waals surface area contributed by atoms with E-state index in [2.05, 4.69) is 30.2 Å². The average molecular weight is 325 g/mol. The highest BCUT2D eigenvalue weighted by Gasteiger charge is 2.19. The first-order chi connectivity index (χ1) is 11.6. The first-order valence-corrected chi connectivity index (χ1v) is 8.33. The molecule has 0 bridgehead atoms. The van der Waals surface area contributed by atoms with Crippen LogP contribution in [0.15, 0.2) is 42.7 Å². The first kappa shape index (κ1) is 16.5. The molecule has 5 nitrogen and oxygen atoms in total. The third-order valence-electron chi connectivity index (χ3n) is 4.15. The van der Waals surface area contributed by atoms with Gasteiger partial charge in [-0.15, -0.1) is 0 Å². The fourth-order valence-corrected chi connectivity index (χ4v) is 2.84. The molecule has 1 N–H and O–H groups in total. The number of morpholine rings is 1. The molecule has 1 aromatic heterocycles. The summed E-state index contributed by atoms with van der Waals surface area (Å²) in [6.45, 7) is 6.78. The number of nitrogens with one attached hydrogen (secondary N) is 1. The fourth-order valence-electron chi connectivity index (χ4n) is 2.84. The van der Waals surface area contributed by atoms with Crippen molar-refractivity contribution in [2.24, 2.45) is 0 Å². The second kappa shape index (κ2) is 7.45. The van der Waals surface area contributed by atoms with Gasteiger partial charge in [-0.25, -0.2) is 0 Å². The molecular formula is C19H23N3O2. The van der Waals surface area contributed by atoms with Crippen LogP contribution in [0.25, 0.3) is 0 Å². The highest BCUT2D eigenvalue weighted by molar-refractivity contribution is 5.95. The molecule has 1 saturated heterocycles. The maximum Gasteiger partial charge on any atom is 0.255 e. The van der Waals surface area contributed by atoms with Crippen molar-refractivity contribution in [2.45, 2.75) is 19.8 Å². The number of nitrogens with zero attached hydrogens (tertiary/aromatic N) is 2. The Morgan fingerprint density at radius 1 is 1.21 bits per heavy atom. The second-order valence-corrected chi connectivity index (χ2v) is 6.23. The summed E-state index contributed by atoms with van der Waals surface area (Å²) in [5.74, 6) is 0.423. The molecule has 0 saturated carbocycles. The Hall–Kier alpha value is -2.40. The number of para-hydroxylation sites is 1. The first-order valence-electron chi connectivity index (χ1n) is 8.33. The number of hydrogen-bond donors (Lipinski definition) is 1. The molecule has 2 aromatic rings. The number of aromatic nitrogens is 1. The summed E-state index contributed by atoms with van der Waals surface area (Å²) in [4.78, 5) is 18.6. The Kier molecular flexibility index (Phi) is 5.11. The predicted octanol–water partition coefficient (Wildman–Crippen LogP) is 3.42. The summed E-state index contributed by atoms with van der Waals surface area (Å²) in [5, 5.41) is 3.39. The average Bonchev–Trinajstić information content (AvgIpc) is 2.62. The summed E-state index contributed by atoms with van der Waals surface area (Å²) in [5.41, 5.74) is 3.71. The van der Waals surface area contributed by atoms with Crippen LogP contribution in [-0.4, -0.2) is 42.1 Å². The summed E-state index contributed by atoms with van der Waals surface area (Å²) in [7, 11) is 0. The minimum Gasteiger partial charge on any atom is -0.378 e. The largest absolute Gasteiger partial charge is 0.378 e. The van der Waals surface area contributed by atoms with Crippen molar-refractivity contribution in [3.63, 3.8) is 0 Å². The lowest BCUT2D eigenvalue weighted by molar-refractivity contribution is 0.0302. The molecule has 2 heterocycles. The van der Waals surface area contributed by atoms with Gasteiger partial charge in [-0.3, -0.25) is 9.78 Å². The number of carbonyl (C=O) groups excluding carboxylic acids is 1. The van der Waals surface area contributed by atoms with Crippen molar-refractivity contribution in [1.82, 2.24) is 9.88 Å². The molecule has 5 heteroatoms. The van der Waals surface area contributed by atoms with Crippen LogP contribution in [0.3, 0.4) is 0 Å². The highest BCUT2D eigenvalue weighted by atomic mass is 16.5. The molecule has 1 aliphatic rings. The van der Waals surface area contributed by atoms with Crippen molar-refractivity contribution in [2.75, 3.05) is 31.6 Å². The smallest absolute Gasteiger partial charge is 0.255 e. The van der Waals surface area contributed by atoms with Gasteiger partial charge in [-0.05, 0) is 23.6 Å². The van der Waals surface area contributed by atoms with Crippen molar-refractivity contribution in [3.8, 4) is 0 Å². The van der Waals surface area contributed by atoms with Crippen molar-refractivity contribution in [1.29, 1.82) is 0 Å². The Morgan fingerprint density at radius 2 is 1.96 bits per heavy atom. The van der Waals surface area contributed by atoms with E-state index in [-0.39, 0.29) is 5.91 Å². The van der Waals surface area contributed by atoms with Gasteiger partial charge >= 0.3 is 0 Å². The number of anilines is 2. The minimum atomic E-state index is 0.00611. The zero-order chi connectivity index (χ0) is 16.9. The van der Waals surface area contributed by atoms with Gasteiger partial charge in [0.2, 0.25) is 0 Å². The molecule has 1 aliphatic heterocycles. The zero-order valence-electron chi connectivity index (χ0n) is 14.2. The standard InChI is InChI=1S/C19H23N3O2/c1-14(2)17-5-3-4-6-18(17)21-16-11-15(12-20-13-16)19(23)22-7-9-24-10-8-22/h3-6,11-14,21H,7-10H2,1-2H3.